The summed E-state index contributed by atoms with van der Waals surface area (Å²) in [5, 5.41) is 7.77. The van der Waals surface area contributed by atoms with E-state index in [9.17, 15) is 4.39 Å². The van der Waals surface area contributed by atoms with Gasteiger partial charge in [0.2, 0.25) is 0 Å². The summed E-state index contributed by atoms with van der Waals surface area (Å²) in [6.45, 7) is 2.66. The first-order chi connectivity index (χ1) is 9.51. The minimum absolute atomic E-state index is 0.249. The van der Waals surface area contributed by atoms with Crippen molar-refractivity contribution in [1.29, 1.82) is 0 Å². The fourth-order valence-electron chi connectivity index (χ4n) is 2.00. The number of aryl methyl sites for hydroxylation is 2. The van der Waals surface area contributed by atoms with Crippen LogP contribution in [0.1, 0.15) is 17.0 Å². The Morgan fingerprint density at radius 1 is 1.40 bits per heavy atom. The molecule has 6 heteroatoms. The third kappa shape index (κ3) is 3.29. The second-order valence-corrected chi connectivity index (χ2v) is 4.96. The van der Waals surface area contributed by atoms with E-state index >= 15 is 0 Å². The van der Waals surface area contributed by atoms with Crippen LogP contribution in [0.4, 0.5) is 4.39 Å². The lowest BCUT2D eigenvalue weighted by Gasteiger charge is -2.09. The Bertz CT molecular complexity index is 613. The lowest BCUT2D eigenvalue weighted by atomic mass is 10.2. The number of hydrogen-bond donors (Lipinski definition) is 1. The van der Waals surface area contributed by atoms with Gasteiger partial charge < -0.3 is 10.1 Å². The van der Waals surface area contributed by atoms with Gasteiger partial charge in [0.15, 0.2) is 0 Å². The molecule has 0 radical (unpaired) electrons. The van der Waals surface area contributed by atoms with E-state index in [2.05, 4.69) is 10.4 Å². The number of nitrogens with zero attached hydrogens (tertiary/aromatic N) is 2. The Kier molecular flexibility index (Phi) is 4.62. The molecule has 1 aromatic heterocycles. The monoisotopic (exact) mass is 297 g/mol. The van der Waals surface area contributed by atoms with Crippen molar-refractivity contribution in [2.75, 3.05) is 7.05 Å². The molecule has 20 heavy (non-hydrogen) atoms. The first-order valence-corrected chi connectivity index (χ1v) is 6.64. The number of rotatable bonds is 5. The second-order valence-electron chi connectivity index (χ2n) is 4.58. The maximum Gasteiger partial charge on any atom is 0.131 e. The van der Waals surface area contributed by atoms with E-state index in [1.165, 1.54) is 12.1 Å². The Balaban J connectivity index is 2.14. The van der Waals surface area contributed by atoms with Gasteiger partial charge in [-0.3, -0.25) is 4.68 Å². The number of aromatic nitrogens is 2. The smallest absolute Gasteiger partial charge is 0.131 e. The maximum absolute atomic E-state index is 13.5. The largest absolute Gasteiger partial charge is 0.487 e. The highest BCUT2D eigenvalue weighted by Crippen LogP contribution is 2.22. The lowest BCUT2D eigenvalue weighted by Crippen LogP contribution is -2.07. The van der Waals surface area contributed by atoms with E-state index in [1.54, 1.807) is 17.8 Å². The molecular weight excluding hydrogens is 281 g/mol. The summed E-state index contributed by atoms with van der Waals surface area (Å²) in [6, 6.07) is 4.64. The Labute approximate surface area is 122 Å². The molecule has 1 aromatic carbocycles. The van der Waals surface area contributed by atoms with Crippen molar-refractivity contribution in [2.24, 2.45) is 7.05 Å². The quantitative estimate of drug-likeness (QED) is 0.922. The van der Waals surface area contributed by atoms with Crippen molar-refractivity contribution in [3.63, 3.8) is 0 Å². The molecule has 0 aliphatic carbocycles. The zero-order valence-electron chi connectivity index (χ0n) is 11.7. The van der Waals surface area contributed by atoms with Crippen molar-refractivity contribution >= 4 is 11.6 Å². The normalized spacial score (nSPS) is 10.8. The highest BCUT2D eigenvalue weighted by molar-refractivity contribution is 6.31. The number of benzene rings is 1. The second kappa shape index (κ2) is 6.24. The fourth-order valence-corrected chi connectivity index (χ4v) is 2.21. The molecule has 0 aliphatic heterocycles. The van der Waals surface area contributed by atoms with Crippen molar-refractivity contribution in [3.05, 3.63) is 46.0 Å². The molecule has 0 saturated heterocycles. The molecule has 4 nitrogen and oxygen atoms in total. The predicted molar refractivity (Wildman–Crippen MR) is 76.5 cm³/mol. The van der Waals surface area contributed by atoms with Crippen LogP contribution in [0.3, 0.4) is 0 Å². The van der Waals surface area contributed by atoms with Crippen molar-refractivity contribution in [2.45, 2.75) is 20.1 Å². The van der Waals surface area contributed by atoms with Crippen LogP contribution in [0.2, 0.25) is 5.02 Å². The summed E-state index contributed by atoms with van der Waals surface area (Å²) in [5.74, 6) is 0.158. The average molecular weight is 298 g/mol. The number of halogens is 2. The molecule has 0 fully saturated rings. The van der Waals surface area contributed by atoms with E-state index in [-0.39, 0.29) is 12.4 Å². The van der Waals surface area contributed by atoms with Crippen LogP contribution >= 0.6 is 11.6 Å². The van der Waals surface area contributed by atoms with Crippen LogP contribution in [0.15, 0.2) is 18.2 Å². The lowest BCUT2D eigenvalue weighted by molar-refractivity contribution is 0.293. The van der Waals surface area contributed by atoms with E-state index in [4.69, 9.17) is 16.3 Å². The van der Waals surface area contributed by atoms with Crippen LogP contribution in [0.5, 0.6) is 5.75 Å². The molecule has 108 valence electrons. The van der Waals surface area contributed by atoms with E-state index < -0.39 is 0 Å². The summed E-state index contributed by atoms with van der Waals surface area (Å²) < 4.78 is 20.8. The zero-order chi connectivity index (χ0) is 14.7. The third-order valence-corrected chi connectivity index (χ3v) is 3.44. The number of nitrogens with one attached hydrogen (secondary N) is 1. The summed E-state index contributed by atoms with van der Waals surface area (Å²) in [6.07, 6.45) is 0. The first kappa shape index (κ1) is 14.8. The van der Waals surface area contributed by atoms with Crippen LogP contribution in [-0.4, -0.2) is 16.8 Å². The van der Waals surface area contributed by atoms with E-state index in [0.717, 1.165) is 17.0 Å². The zero-order valence-corrected chi connectivity index (χ0v) is 12.5. The van der Waals surface area contributed by atoms with Gasteiger partial charge in [0.1, 0.15) is 18.2 Å². The van der Waals surface area contributed by atoms with Gasteiger partial charge in [-0.2, -0.15) is 5.10 Å². The number of ether oxygens (including phenoxy) is 1. The highest BCUT2D eigenvalue weighted by Gasteiger charge is 2.12. The molecule has 1 heterocycles. The summed E-state index contributed by atoms with van der Waals surface area (Å²) in [5.41, 5.74) is 2.35. The number of hydrogen-bond acceptors (Lipinski definition) is 3. The Hall–Kier alpha value is -1.59. The van der Waals surface area contributed by atoms with Gasteiger partial charge in [0.05, 0.1) is 16.4 Å². The molecule has 0 spiro atoms. The third-order valence-electron chi connectivity index (χ3n) is 2.95. The van der Waals surface area contributed by atoms with Gasteiger partial charge in [-0.25, -0.2) is 4.39 Å². The highest BCUT2D eigenvalue weighted by atomic mass is 35.5. The van der Waals surface area contributed by atoms with Crippen molar-refractivity contribution in [3.8, 4) is 5.75 Å². The van der Waals surface area contributed by atoms with Gasteiger partial charge in [0, 0.05) is 19.7 Å². The van der Waals surface area contributed by atoms with Gasteiger partial charge in [0.25, 0.3) is 0 Å². The fraction of sp³-hybridized carbons (Fsp3) is 0.357. The van der Waals surface area contributed by atoms with E-state index in [0.29, 0.717) is 17.3 Å². The molecule has 1 N–H and O–H groups in total. The predicted octanol–water partition coefficient (Wildman–Crippen LogP) is 2.82. The Morgan fingerprint density at radius 2 is 2.15 bits per heavy atom. The van der Waals surface area contributed by atoms with E-state index in [1.807, 2.05) is 14.0 Å². The summed E-state index contributed by atoms with van der Waals surface area (Å²) in [4.78, 5) is 0. The van der Waals surface area contributed by atoms with Crippen LogP contribution < -0.4 is 10.1 Å². The molecule has 0 atom stereocenters. The minimum atomic E-state index is -0.319. The first-order valence-electron chi connectivity index (χ1n) is 6.26. The standard InChI is InChI=1S/C14H17ClFN3O/c1-9-14(15)13(19(3)18-9)8-20-12-5-10(7-17-2)4-11(16)6-12/h4-6,17H,7-8H2,1-3H3. The van der Waals surface area contributed by atoms with Crippen molar-refractivity contribution < 1.29 is 9.13 Å². The van der Waals surface area contributed by atoms with Crippen LogP contribution in [0, 0.1) is 12.7 Å². The molecule has 0 unspecified atom stereocenters. The van der Waals surface area contributed by atoms with Gasteiger partial charge in [-0.05, 0) is 31.7 Å². The minimum Gasteiger partial charge on any atom is -0.487 e. The molecule has 2 rings (SSSR count). The van der Waals surface area contributed by atoms with Gasteiger partial charge in [-0.1, -0.05) is 11.6 Å². The summed E-state index contributed by atoms with van der Waals surface area (Å²) in [7, 11) is 3.61. The molecule has 0 bridgehead atoms. The summed E-state index contributed by atoms with van der Waals surface area (Å²) >= 11 is 6.15. The van der Waals surface area contributed by atoms with Crippen LogP contribution in [0.25, 0.3) is 0 Å². The molecule has 0 saturated carbocycles. The average Bonchev–Trinajstić information content (AvgIpc) is 2.61. The van der Waals surface area contributed by atoms with Crippen molar-refractivity contribution in [1.82, 2.24) is 15.1 Å². The Morgan fingerprint density at radius 3 is 2.75 bits per heavy atom. The topological polar surface area (TPSA) is 39.1 Å². The SMILES string of the molecule is CNCc1cc(F)cc(OCc2c(Cl)c(C)nn2C)c1. The molecular formula is C14H17ClFN3O. The molecule has 0 aliphatic rings. The maximum atomic E-state index is 13.5. The van der Waals surface area contributed by atoms with Crippen LogP contribution in [-0.2, 0) is 20.2 Å². The molecule has 2 aromatic rings. The molecule has 0 amide bonds. The van der Waals surface area contributed by atoms with Gasteiger partial charge >= 0.3 is 0 Å². The van der Waals surface area contributed by atoms with Gasteiger partial charge in [-0.15, -0.1) is 0 Å².